The molecule has 9 nitrogen and oxygen atoms in total. The molecule has 1 aliphatic heterocycles. The van der Waals surface area contributed by atoms with Gasteiger partial charge in [-0.2, -0.15) is 0 Å². The van der Waals surface area contributed by atoms with Crippen LogP contribution in [-0.4, -0.2) is 46.1 Å². The molecule has 0 bridgehead atoms. The van der Waals surface area contributed by atoms with E-state index in [4.69, 9.17) is 41.1 Å². The molecule has 2 aromatic rings. The highest BCUT2D eigenvalue weighted by Gasteiger charge is 2.42. The van der Waals surface area contributed by atoms with Crippen LogP contribution in [0.15, 0.2) is 30.5 Å². The fourth-order valence-corrected chi connectivity index (χ4v) is 4.28. The minimum Gasteiger partial charge on any atom is -0.424 e. The Morgan fingerprint density at radius 3 is 2.61 bits per heavy atom. The van der Waals surface area contributed by atoms with Crippen molar-refractivity contribution in [2.75, 3.05) is 7.11 Å². The Labute approximate surface area is 183 Å². The van der Waals surface area contributed by atoms with Crippen molar-refractivity contribution >= 4 is 17.6 Å². The summed E-state index contributed by atoms with van der Waals surface area (Å²) in [6.45, 7) is 2.06. The number of methoxy groups -OCH3 is 1. The zero-order chi connectivity index (χ0) is 22.1. The van der Waals surface area contributed by atoms with Crippen LogP contribution in [0.5, 0.6) is 5.75 Å². The zero-order valence-electron chi connectivity index (χ0n) is 17.0. The summed E-state index contributed by atoms with van der Waals surface area (Å²) in [7, 11) is 1.47. The van der Waals surface area contributed by atoms with E-state index in [0.29, 0.717) is 22.9 Å². The molecule has 10 heteroatoms. The Morgan fingerprint density at radius 2 is 1.94 bits per heavy atom. The number of aryl methyl sites for hydroxylation is 1. The molecule has 0 saturated heterocycles. The predicted octanol–water partition coefficient (Wildman–Crippen LogP) is 3.37. The summed E-state index contributed by atoms with van der Waals surface area (Å²) in [6.07, 6.45) is 0.819. The average Bonchev–Trinajstić information content (AvgIpc) is 3.34. The molecule has 0 spiro atoms. The van der Waals surface area contributed by atoms with Gasteiger partial charge in [0.2, 0.25) is 0 Å². The second-order valence-electron chi connectivity index (χ2n) is 7.61. The van der Waals surface area contributed by atoms with Gasteiger partial charge in [0.25, 0.3) is 0 Å². The lowest BCUT2D eigenvalue weighted by molar-refractivity contribution is -0.507. The molecule has 0 amide bonds. The number of carbonyl (C=O) groups excluding carboxylic acids is 1. The minimum atomic E-state index is -0.684. The van der Waals surface area contributed by atoms with Crippen LogP contribution in [0.3, 0.4) is 0 Å². The van der Waals surface area contributed by atoms with Crippen molar-refractivity contribution in [3.63, 3.8) is 0 Å². The fraction of sp³-hybridized carbons (Fsp3) is 0.429. The molecule has 1 saturated carbocycles. The van der Waals surface area contributed by atoms with Crippen LogP contribution in [0.25, 0.3) is 0 Å². The van der Waals surface area contributed by atoms with E-state index < -0.39 is 24.1 Å². The lowest BCUT2D eigenvalue weighted by Gasteiger charge is -2.18. The van der Waals surface area contributed by atoms with E-state index in [1.807, 2.05) is 12.1 Å². The number of pyridine rings is 1. The number of nitrogens with zero attached hydrogens (tertiary/aromatic N) is 2. The molecule has 31 heavy (non-hydrogen) atoms. The highest BCUT2D eigenvalue weighted by atomic mass is 35.5. The minimum absolute atomic E-state index is 0.223. The van der Waals surface area contributed by atoms with Gasteiger partial charge in [-0.1, -0.05) is 23.7 Å². The average molecular weight is 451 g/mol. The summed E-state index contributed by atoms with van der Waals surface area (Å²) >= 11 is 5.98. The van der Waals surface area contributed by atoms with Crippen molar-refractivity contribution in [1.29, 1.82) is 0 Å². The first-order valence-electron chi connectivity index (χ1n) is 9.82. The van der Waals surface area contributed by atoms with Gasteiger partial charge in [-0.15, -0.1) is 0 Å². The van der Waals surface area contributed by atoms with Crippen LogP contribution >= 0.6 is 11.6 Å². The van der Waals surface area contributed by atoms with Crippen molar-refractivity contribution < 1.29 is 34.3 Å². The van der Waals surface area contributed by atoms with Gasteiger partial charge in [0.05, 0.1) is 29.7 Å². The first-order chi connectivity index (χ1) is 14.9. The van der Waals surface area contributed by atoms with Crippen molar-refractivity contribution in [2.45, 2.75) is 44.7 Å². The molecule has 2 heterocycles. The molecule has 4 rings (SSSR count). The number of carbonyl (C=O) groups is 1. The van der Waals surface area contributed by atoms with Crippen LogP contribution in [0.2, 0.25) is 5.02 Å². The van der Waals surface area contributed by atoms with E-state index in [2.05, 4.69) is 4.98 Å². The summed E-state index contributed by atoms with van der Waals surface area (Å²) in [4.78, 5) is 22.2. The van der Waals surface area contributed by atoms with E-state index in [1.54, 1.807) is 25.3 Å². The largest absolute Gasteiger partial charge is 0.424 e. The van der Waals surface area contributed by atoms with E-state index in [-0.39, 0.29) is 24.5 Å². The fourth-order valence-electron chi connectivity index (χ4n) is 4.15. The first-order valence-corrected chi connectivity index (χ1v) is 10.2. The normalized spacial score (nSPS) is 25.1. The van der Waals surface area contributed by atoms with Gasteiger partial charge in [0.1, 0.15) is 12.2 Å². The van der Waals surface area contributed by atoms with E-state index in [1.165, 1.54) is 7.11 Å². The molecule has 0 radical (unpaired) electrons. The molecule has 1 aromatic heterocycles. The molecule has 1 fully saturated rings. The van der Waals surface area contributed by atoms with Crippen molar-refractivity contribution in [2.24, 2.45) is 5.92 Å². The maximum atomic E-state index is 12.9. The number of hydrogen-bond donors (Lipinski definition) is 2. The molecule has 2 aliphatic rings. The van der Waals surface area contributed by atoms with Gasteiger partial charge >= 0.3 is 5.97 Å². The van der Waals surface area contributed by atoms with E-state index in [0.717, 1.165) is 16.7 Å². The number of esters is 1. The third-order valence-corrected chi connectivity index (χ3v) is 5.97. The van der Waals surface area contributed by atoms with Gasteiger partial charge in [-0.25, -0.2) is 4.84 Å². The molecular weight excluding hydrogens is 428 g/mol. The summed E-state index contributed by atoms with van der Waals surface area (Å²) in [5, 5.41) is 18.1. The molecule has 2 N–H and O–H groups in total. The number of halogens is 1. The molecule has 1 aromatic carbocycles. The van der Waals surface area contributed by atoms with Gasteiger partial charge in [0, 0.05) is 29.5 Å². The molecule has 166 valence electrons. The van der Waals surface area contributed by atoms with Crippen LogP contribution in [0, 0.1) is 12.8 Å². The number of benzene rings is 1. The SMILES string of the molecule is COC1CC(C(=O)Oc2c(C)ncc3c2CO[C@H]3c2ccc(Cl)cc2)CC1ON(O)O. The number of aromatic nitrogens is 1. The van der Waals surface area contributed by atoms with Crippen molar-refractivity contribution in [1.82, 2.24) is 10.4 Å². The third kappa shape index (κ3) is 4.58. The maximum Gasteiger partial charge on any atom is 0.314 e. The lowest BCUT2D eigenvalue weighted by Crippen LogP contribution is -2.31. The Kier molecular flexibility index (Phi) is 6.54. The molecule has 1 aliphatic carbocycles. The maximum absolute atomic E-state index is 12.9. The second kappa shape index (κ2) is 9.17. The highest BCUT2D eigenvalue weighted by Crippen LogP contribution is 2.41. The van der Waals surface area contributed by atoms with E-state index >= 15 is 0 Å². The Hall–Kier alpha value is -2.11. The quantitative estimate of drug-likeness (QED) is 0.505. The monoisotopic (exact) mass is 450 g/mol. The van der Waals surface area contributed by atoms with Crippen molar-refractivity contribution in [3.05, 3.63) is 57.9 Å². The Balaban J connectivity index is 1.53. The van der Waals surface area contributed by atoms with E-state index in [9.17, 15) is 4.79 Å². The number of hydrogen-bond acceptors (Lipinski definition) is 9. The predicted molar refractivity (Wildman–Crippen MR) is 106 cm³/mol. The number of rotatable bonds is 6. The summed E-state index contributed by atoms with van der Waals surface area (Å²) < 4.78 is 17.0. The van der Waals surface area contributed by atoms with Crippen LogP contribution in [0.4, 0.5) is 0 Å². The topological polar surface area (TPSA) is 111 Å². The Morgan fingerprint density at radius 1 is 1.23 bits per heavy atom. The first kappa shape index (κ1) is 22.1. The van der Waals surface area contributed by atoms with Gasteiger partial charge in [-0.3, -0.25) is 20.2 Å². The summed E-state index contributed by atoms with van der Waals surface area (Å²) in [5.41, 5.74) is 3.14. The smallest absolute Gasteiger partial charge is 0.314 e. The number of fused-ring (bicyclic) bond motifs is 1. The van der Waals surface area contributed by atoms with Crippen LogP contribution < -0.4 is 4.74 Å². The summed E-state index contributed by atoms with van der Waals surface area (Å²) in [6, 6.07) is 7.38. The molecular formula is C21H23ClN2O7. The van der Waals surface area contributed by atoms with Crippen molar-refractivity contribution in [3.8, 4) is 5.75 Å². The lowest BCUT2D eigenvalue weighted by atomic mass is 10.00. The van der Waals surface area contributed by atoms with Crippen LogP contribution in [0.1, 0.15) is 41.3 Å². The second-order valence-corrected chi connectivity index (χ2v) is 8.05. The Bertz CT molecular complexity index is 953. The third-order valence-electron chi connectivity index (χ3n) is 5.71. The van der Waals surface area contributed by atoms with Gasteiger partial charge in [-0.05, 0) is 37.5 Å². The summed E-state index contributed by atoms with van der Waals surface area (Å²) in [5.74, 6) is -0.591. The van der Waals surface area contributed by atoms with Gasteiger partial charge < -0.3 is 14.2 Å². The van der Waals surface area contributed by atoms with Gasteiger partial charge in [0.15, 0.2) is 5.75 Å². The van der Waals surface area contributed by atoms with Crippen LogP contribution in [-0.2, 0) is 25.7 Å². The molecule has 4 atom stereocenters. The standard InChI is InChI=1S/C21H23ClN2O7/c1-11-19(30-21(25)13-7-17(28-2)18(8-13)31-24(26)27)16-10-29-20(15(16)9-23-11)12-3-5-14(22)6-4-12/h3-6,9,13,17-18,20,26-27H,7-8,10H2,1-2H3/t13?,17?,18?,20-/m0/s1. The molecule has 3 unspecified atom stereocenters. The zero-order valence-corrected chi connectivity index (χ0v) is 17.8. The number of ether oxygens (including phenoxy) is 3. The highest BCUT2D eigenvalue weighted by molar-refractivity contribution is 6.30.